The number of anilines is 2. The lowest BCUT2D eigenvalue weighted by atomic mass is 10.1. The summed E-state index contributed by atoms with van der Waals surface area (Å²) < 4.78 is 11.1. The van der Waals surface area contributed by atoms with E-state index >= 15 is 0 Å². The molecule has 202 valence electrons. The van der Waals surface area contributed by atoms with Crippen LogP contribution in [0.25, 0.3) is 11.8 Å². The molecule has 0 radical (unpaired) electrons. The molecule has 11 heteroatoms. The van der Waals surface area contributed by atoms with Gasteiger partial charge in [0.2, 0.25) is 11.5 Å². The van der Waals surface area contributed by atoms with E-state index < -0.39 is 11.7 Å². The molecule has 0 saturated carbocycles. The molecule has 0 N–H and O–H groups in total. The lowest BCUT2D eigenvalue weighted by molar-refractivity contribution is -0.672. The predicted molar refractivity (Wildman–Crippen MR) is 151 cm³/mol. The molecule has 1 aliphatic rings. The fourth-order valence-electron chi connectivity index (χ4n) is 4.00. The number of carbonyl (C=O) groups is 2. The Morgan fingerprint density at radius 3 is 2.42 bits per heavy atom. The van der Waals surface area contributed by atoms with Crippen LogP contribution in [0.5, 0.6) is 11.7 Å². The Labute approximate surface area is 234 Å². The van der Waals surface area contributed by atoms with Gasteiger partial charge in [0.15, 0.2) is 11.1 Å². The van der Waals surface area contributed by atoms with Crippen molar-refractivity contribution in [2.24, 2.45) is 4.99 Å². The Morgan fingerprint density at radius 1 is 1.07 bits per heavy atom. The number of aliphatic imine (C=N–C) groups is 1. The van der Waals surface area contributed by atoms with E-state index in [9.17, 15) is 14.7 Å². The van der Waals surface area contributed by atoms with Gasteiger partial charge in [0.1, 0.15) is 11.4 Å². The quantitative estimate of drug-likeness (QED) is 0.184. The van der Waals surface area contributed by atoms with Gasteiger partial charge in [-0.1, -0.05) is 42.1 Å². The largest absolute Gasteiger partial charge is 0.539 e. The van der Waals surface area contributed by atoms with Crippen molar-refractivity contribution in [3.05, 3.63) is 95.8 Å². The SMILES string of the molecule is COc1ccc(-[n+]2noc([O-])c2C(=O)CSC2=N/C(=C/c3ccc(N(C)C)cc3)C(=O)N2c2ccccc2)cc1. The molecule has 0 saturated heterocycles. The number of carbonyl (C=O) groups excluding carboxylic acids is 2. The van der Waals surface area contributed by atoms with Gasteiger partial charge in [0, 0.05) is 31.9 Å². The molecule has 1 aromatic heterocycles. The normalized spacial score (nSPS) is 14.0. The highest BCUT2D eigenvalue weighted by Gasteiger charge is 2.34. The Hall–Kier alpha value is -4.90. The minimum absolute atomic E-state index is 0.174. The lowest BCUT2D eigenvalue weighted by Crippen LogP contribution is -2.39. The minimum Gasteiger partial charge on any atom is -0.539 e. The monoisotopic (exact) mass is 555 g/mol. The molecular formula is C29H25N5O5S. The van der Waals surface area contributed by atoms with Crippen LogP contribution in [0.4, 0.5) is 11.4 Å². The summed E-state index contributed by atoms with van der Waals surface area (Å²) in [6.45, 7) is 0. The Kier molecular flexibility index (Phi) is 7.65. The van der Waals surface area contributed by atoms with E-state index in [1.807, 2.05) is 61.5 Å². The zero-order chi connectivity index (χ0) is 28.2. The number of nitrogens with zero attached hydrogens (tertiary/aromatic N) is 5. The number of aromatic nitrogens is 2. The second-order valence-corrected chi connectivity index (χ2v) is 9.86. The van der Waals surface area contributed by atoms with E-state index in [4.69, 9.17) is 9.26 Å². The summed E-state index contributed by atoms with van der Waals surface area (Å²) in [4.78, 5) is 34.7. The van der Waals surface area contributed by atoms with Crippen molar-refractivity contribution in [1.29, 1.82) is 0 Å². The van der Waals surface area contributed by atoms with Crippen molar-refractivity contribution < 1.29 is 28.6 Å². The van der Waals surface area contributed by atoms with Crippen molar-refractivity contribution in [1.82, 2.24) is 5.27 Å². The van der Waals surface area contributed by atoms with E-state index in [1.165, 1.54) is 12.0 Å². The minimum atomic E-state index is -0.854. The number of methoxy groups -OCH3 is 1. The number of amides is 1. The van der Waals surface area contributed by atoms with E-state index in [-0.39, 0.29) is 23.1 Å². The first-order valence-electron chi connectivity index (χ1n) is 12.2. The molecule has 2 heterocycles. The molecule has 3 aromatic carbocycles. The van der Waals surface area contributed by atoms with E-state index in [1.54, 1.807) is 42.5 Å². The maximum Gasteiger partial charge on any atom is 0.307 e. The van der Waals surface area contributed by atoms with Gasteiger partial charge < -0.3 is 19.3 Å². The third-order valence-corrected chi connectivity index (χ3v) is 7.02. The number of para-hydroxylation sites is 1. The average molecular weight is 556 g/mol. The van der Waals surface area contributed by atoms with Gasteiger partial charge in [-0.05, 0) is 52.7 Å². The van der Waals surface area contributed by atoms with E-state index in [0.717, 1.165) is 27.7 Å². The second-order valence-electron chi connectivity index (χ2n) is 8.92. The highest BCUT2D eigenvalue weighted by molar-refractivity contribution is 8.14. The summed E-state index contributed by atoms with van der Waals surface area (Å²) in [6, 6.07) is 23.5. The van der Waals surface area contributed by atoms with E-state index in [0.29, 0.717) is 22.3 Å². The summed E-state index contributed by atoms with van der Waals surface area (Å²) in [5, 5.41) is 16.5. The van der Waals surface area contributed by atoms with Gasteiger partial charge in [-0.15, -0.1) is 0 Å². The summed E-state index contributed by atoms with van der Waals surface area (Å²) >= 11 is 1.05. The third kappa shape index (κ3) is 5.45. The molecule has 0 spiro atoms. The molecule has 0 bridgehead atoms. The van der Waals surface area contributed by atoms with Crippen LogP contribution in [0.1, 0.15) is 16.1 Å². The van der Waals surface area contributed by atoms with Crippen LogP contribution in [0.3, 0.4) is 0 Å². The van der Waals surface area contributed by atoms with Gasteiger partial charge >= 0.3 is 5.69 Å². The fourth-order valence-corrected chi connectivity index (χ4v) is 4.88. The lowest BCUT2D eigenvalue weighted by Gasteiger charge is -2.17. The van der Waals surface area contributed by atoms with Crippen molar-refractivity contribution in [2.45, 2.75) is 0 Å². The van der Waals surface area contributed by atoms with Crippen LogP contribution < -0.4 is 24.3 Å². The molecular weight excluding hydrogens is 530 g/mol. The molecule has 4 aromatic rings. The first-order valence-corrected chi connectivity index (χ1v) is 13.2. The topological polar surface area (TPSA) is 115 Å². The second kappa shape index (κ2) is 11.5. The van der Waals surface area contributed by atoms with Crippen molar-refractivity contribution in [3.8, 4) is 17.4 Å². The van der Waals surface area contributed by atoms with Crippen molar-refractivity contribution in [2.75, 3.05) is 36.8 Å². The zero-order valence-corrected chi connectivity index (χ0v) is 22.8. The first kappa shape index (κ1) is 26.7. The smallest absolute Gasteiger partial charge is 0.307 e. The van der Waals surface area contributed by atoms with E-state index in [2.05, 4.69) is 10.3 Å². The highest BCUT2D eigenvalue weighted by Crippen LogP contribution is 2.30. The Morgan fingerprint density at radius 2 is 1.77 bits per heavy atom. The maximum absolute atomic E-state index is 13.5. The van der Waals surface area contributed by atoms with Gasteiger partial charge in [-0.2, -0.15) is 0 Å². The number of ketones is 1. The fraction of sp³-hybridized carbons (Fsp3) is 0.138. The molecule has 10 nitrogen and oxygen atoms in total. The van der Waals surface area contributed by atoms with Crippen LogP contribution in [-0.4, -0.2) is 49.1 Å². The van der Waals surface area contributed by atoms with Crippen LogP contribution >= 0.6 is 11.8 Å². The van der Waals surface area contributed by atoms with Crippen molar-refractivity contribution >= 4 is 46.1 Å². The zero-order valence-electron chi connectivity index (χ0n) is 22.0. The van der Waals surface area contributed by atoms with Gasteiger partial charge in [0.05, 0.1) is 23.8 Å². The number of thioether (sulfide) groups is 1. The number of ether oxygens (including phenoxy) is 1. The molecule has 1 amide bonds. The molecule has 0 aliphatic carbocycles. The highest BCUT2D eigenvalue weighted by atomic mass is 32.2. The Balaban J connectivity index is 1.42. The molecule has 1 aliphatic heterocycles. The predicted octanol–water partition coefficient (Wildman–Crippen LogP) is 3.46. The number of benzene rings is 3. The summed E-state index contributed by atoms with van der Waals surface area (Å²) in [7, 11) is 5.44. The number of hydrogen-bond acceptors (Lipinski definition) is 9. The van der Waals surface area contributed by atoms with Gasteiger partial charge in [0.25, 0.3) is 5.91 Å². The van der Waals surface area contributed by atoms with Gasteiger partial charge in [-0.3, -0.25) is 14.5 Å². The van der Waals surface area contributed by atoms with Crippen LogP contribution in [-0.2, 0) is 4.79 Å². The maximum atomic E-state index is 13.5. The van der Waals surface area contributed by atoms with Crippen LogP contribution in [0.15, 0.2) is 94.1 Å². The molecule has 0 fully saturated rings. The standard InChI is InChI=1S/C29H25N5O5S/c1-32(2)20-11-9-19(10-12-20)17-24-27(36)33(21-7-5-4-6-8-21)29(30-24)40-18-25(35)26-28(37)39-31-34(26)22-13-15-23(38-3)16-14-22/h4-17H,18H2,1-3H3/b24-17+. The van der Waals surface area contributed by atoms with Crippen molar-refractivity contribution in [3.63, 3.8) is 0 Å². The Bertz CT molecular complexity index is 1600. The number of amidine groups is 1. The average Bonchev–Trinajstić information content (AvgIpc) is 3.51. The molecule has 0 unspecified atom stereocenters. The number of hydrogen-bond donors (Lipinski definition) is 0. The first-order chi connectivity index (χ1) is 19.4. The molecule has 5 rings (SSSR count). The van der Waals surface area contributed by atoms with Crippen LogP contribution in [0.2, 0.25) is 0 Å². The molecule has 0 atom stereocenters. The summed E-state index contributed by atoms with van der Waals surface area (Å²) in [5.74, 6) is -1.26. The number of Topliss-reactive ketones (excluding diaryl/α,β-unsaturated/α-hetero) is 1. The van der Waals surface area contributed by atoms with Gasteiger partial charge in [-0.25, -0.2) is 4.99 Å². The third-order valence-electron chi connectivity index (χ3n) is 6.08. The number of rotatable bonds is 8. The van der Waals surface area contributed by atoms with Crippen LogP contribution in [0, 0.1) is 0 Å². The summed E-state index contributed by atoms with van der Waals surface area (Å²) in [6.07, 6.45) is 1.71. The molecule has 40 heavy (non-hydrogen) atoms. The summed E-state index contributed by atoms with van der Waals surface area (Å²) in [5.41, 5.74) is 2.92.